The highest BCUT2D eigenvalue weighted by atomic mass is 16.5. The molecule has 1 aromatic carbocycles. The molecule has 1 saturated heterocycles. The van der Waals surface area contributed by atoms with Crippen LogP contribution in [0, 0.1) is 0 Å². The molecule has 0 saturated carbocycles. The van der Waals surface area contributed by atoms with Crippen LogP contribution in [0.5, 0.6) is 0 Å². The first-order valence-corrected chi connectivity index (χ1v) is 6.40. The number of nitrogens with zero attached hydrogens (tertiary/aromatic N) is 1. The maximum absolute atomic E-state index is 11.4. The number of rotatable bonds is 5. The molecular formula is C15H19NO2. The predicted octanol–water partition coefficient (Wildman–Crippen LogP) is 2.56. The summed E-state index contributed by atoms with van der Waals surface area (Å²) in [5.74, 6) is -0.205. The third-order valence-electron chi connectivity index (χ3n) is 3.12. The summed E-state index contributed by atoms with van der Waals surface area (Å²) in [6, 6.07) is 8.18. The molecule has 0 spiro atoms. The standard InChI is InChI=1S/C15H19NO2/c1-2-11-18-15(17)12-13-5-7-14(8-6-13)16-9-3-4-10-16/h2,5-8H,1,3-4,9-12H2. The Morgan fingerprint density at radius 2 is 1.94 bits per heavy atom. The Morgan fingerprint density at radius 3 is 2.56 bits per heavy atom. The van der Waals surface area contributed by atoms with Crippen LogP contribution in [0.1, 0.15) is 18.4 Å². The largest absolute Gasteiger partial charge is 0.461 e. The fraction of sp³-hybridized carbons (Fsp3) is 0.400. The summed E-state index contributed by atoms with van der Waals surface area (Å²) in [6.45, 7) is 6.07. The van der Waals surface area contributed by atoms with Gasteiger partial charge in [-0.15, -0.1) is 0 Å². The first-order valence-electron chi connectivity index (χ1n) is 6.40. The van der Waals surface area contributed by atoms with E-state index in [1.807, 2.05) is 12.1 Å². The van der Waals surface area contributed by atoms with Crippen LogP contribution >= 0.6 is 0 Å². The Hall–Kier alpha value is -1.77. The van der Waals surface area contributed by atoms with Crippen LogP contribution in [-0.4, -0.2) is 25.7 Å². The first kappa shape index (κ1) is 12.7. The molecule has 0 N–H and O–H groups in total. The molecule has 1 heterocycles. The smallest absolute Gasteiger partial charge is 0.310 e. The number of carbonyl (C=O) groups is 1. The van der Waals surface area contributed by atoms with Gasteiger partial charge in [0.25, 0.3) is 0 Å². The van der Waals surface area contributed by atoms with Crippen LogP contribution < -0.4 is 4.90 Å². The van der Waals surface area contributed by atoms with Crippen molar-refractivity contribution in [3.63, 3.8) is 0 Å². The summed E-state index contributed by atoms with van der Waals surface area (Å²) in [7, 11) is 0. The highest BCUT2D eigenvalue weighted by Crippen LogP contribution is 2.20. The van der Waals surface area contributed by atoms with E-state index in [9.17, 15) is 4.79 Å². The highest BCUT2D eigenvalue weighted by molar-refractivity contribution is 5.72. The predicted molar refractivity (Wildman–Crippen MR) is 72.7 cm³/mol. The zero-order chi connectivity index (χ0) is 12.8. The number of anilines is 1. The summed E-state index contributed by atoms with van der Waals surface area (Å²) < 4.78 is 4.96. The summed E-state index contributed by atoms with van der Waals surface area (Å²) in [5.41, 5.74) is 2.24. The second kappa shape index (κ2) is 6.24. The van der Waals surface area contributed by atoms with Crippen LogP contribution in [0.25, 0.3) is 0 Å². The summed E-state index contributed by atoms with van der Waals surface area (Å²) in [6.07, 6.45) is 4.45. The SMILES string of the molecule is C=CCOC(=O)Cc1ccc(N2CCCC2)cc1. The number of ether oxygens (including phenoxy) is 1. The highest BCUT2D eigenvalue weighted by Gasteiger charge is 2.12. The van der Waals surface area contributed by atoms with Crippen molar-refractivity contribution in [1.82, 2.24) is 0 Å². The molecule has 18 heavy (non-hydrogen) atoms. The first-order chi connectivity index (χ1) is 8.79. The van der Waals surface area contributed by atoms with Gasteiger partial charge in [-0.1, -0.05) is 24.8 Å². The van der Waals surface area contributed by atoms with Gasteiger partial charge in [-0.3, -0.25) is 4.79 Å². The van der Waals surface area contributed by atoms with Gasteiger partial charge in [0.1, 0.15) is 6.61 Å². The van der Waals surface area contributed by atoms with Crippen molar-refractivity contribution in [3.8, 4) is 0 Å². The molecule has 0 aromatic heterocycles. The third-order valence-corrected chi connectivity index (χ3v) is 3.12. The Bertz CT molecular complexity index is 405. The molecule has 0 bridgehead atoms. The molecule has 3 nitrogen and oxygen atoms in total. The van der Waals surface area contributed by atoms with E-state index in [1.165, 1.54) is 18.5 Å². The zero-order valence-electron chi connectivity index (χ0n) is 10.6. The van der Waals surface area contributed by atoms with Crippen molar-refractivity contribution in [2.45, 2.75) is 19.3 Å². The Kier molecular flexibility index (Phi) is 4.40. The summed E-state index contributed by atoms with van der Waals surface area (Å²) in [5, 5.41) is 0. The van der Waals surface area contributed by atoms with Gasteiger partial charge in [0.05, 0.1) is 6.42 Å². The average Bonchev–Trinajstić information content (AvgIpc) is 2.91. The molecule has 96 valence electrons. The van der Waals surface area contributed by atoms with Crippen LogP contribution in [-0.2, 0) is 16.0 Å². The molecule has 2 rings (SSSR count). The van der Waals surface area contributed by atoms with E-state index in [4.69, 9.17) is 4.74 Å². The number of hydrogen-bond donors (Lipinski definition) is 0. The van der Waals surface area contributed by atoms with Gasteiger partial charge in [-0.05, 0) is 30.5 Å². The molecule has 1 fully saturated rings. The molecule has 0 radical (unpaired) electrons. The molecule has 0 aliphatic carbocycles. The van der Waals surface area contributed by atoms with E-state index >= 15 is 0 Å². The lowest BCUT2D eigenvalue weighted by atomic mass is 10.1. The van der Waals surface area contributed by atoms with E-state index in [1.54, 1.807) is 6.08 Å². The molecule has 3 heteroatoms. The molecule has 0 unspecified atom stereocenters. The van der Waals surface area contributed by atoms with Gasteiger partial charge in [0, 0.05) is 18.8 Å². The minimum absolute atomic E-state index is 0.205. The number of carbonyl (C=O) groups excluding carboxylic acids is 1. The van der Waals surface area contributed by atoms with Crippen molar-refractivity contribution < 1.29 is 9.53 Å². The minimum Gasteiger partial charge on any atom is -0.461 e. The molecule has 0 amide bonds. The topological polar surface area (TPSA) is 29.5 Å². The Balaban J connectivity index is 1.90. The van der Waals surface area contributed by atoms with Crippen LogP contribution in [0.3, 0.4) is 0 Å². The van der Waals surface area contributed by atoms with Crippen LogP contribution in [0.15, 0.2) is 36.9 Å². The number of benzene rings is 1. The van der Waals surface area contributed by atoms with Gasteiger partial charge in [0.15, 0.2) is 0 Å². The van der Waals surface area contributed by atoms with E-state index in [-0.39, 0.29) is 12.6 Å². The van der Waals surface area contributed by atoms with Crippen LogP contribution in [0.2, 0.25) is 0 Å². The van der Waals surface area contributed by atoms with Crippen molar-refractivity contribution >= 4 is 11.7 Å². The zero-order valence-corrected chi connectivity index (χ0v) is 10.6. The quantitative estimate of drug-likeness (QED) is 0.590. The van der Waals surface area contributed by atoms with E-state index in [0.717, 1.165) is 18.7 Å². The molecule has 1 aliphatic rings. The van der Waals surface area contributed by atoms with E-state index < -0.39 is 0 Å². The number of esters is 1. The van der Waals surface area contributed by atoms with Crippen molar-refractivity contribution in [2.24, 2.45) is 0 Å². The Labute approximate surface area is 108 Å². The molecule has 1 aliphatic heterocycles. The third kappa shape index (κ3) is 3.36. The van der Waals surface area contributed by atoms with E-state index in [0.29, 0.717) is 6.42 Å². The fourth-order valence-corrected chi connectivity index (χ4v) is 2.17. The van der Waals surface area contributed by atoms with Gasteiger partial charge < -0.3 is 9.64 Å². The second-order valence-electron chi connectivity index (χ2n) is 4.51. The van der Waals surface area contributed by atoms with Crippen molar-refractivity contribution in [2.75, 3.05) is 24.6 Å². The normalized spacial score (nSPS) is 14.6. The van der Waals surface area contributed by atoms with Gasteiger partial charge >= 0.3 is 5.97 Å². The molecule has 1 aromatic rings. The van der Waals surface area contributed by atoms with Gasteiger partial charge in [-0.2, -0.15) is 0 Å². The lowest BCUT2D eigenvalue weighted by Gasteiger charge is -2.17. The van der Waals surface area contributed by atoms with Crippen molar-refractivity contribution in [3.05, 3.63) is 42.5 Å². The summed E-state index contributed by atoms with van der Waals surface area (Å²) >= 11 is 0. The Morgan fingerprint density at radius 1 is 1.28 bits per heavy atom. The van der Waals surface area contributed by atoms with Gasteiger partial charge in [-0.25, -0.2) is 0 Å². The fourth-order valence-electron chi connectivity index (χ4n) is 2.17. The summed E-state index contributed by atoms with van der Waals surface area (Å²) in [4.78, 5) is 13.8. The van der Waals surface area contributed by atoms with Crippen molar-refractivity contribution in [1.29, 1.82) is 0 Å². The maximum Gasteiger partial charge on any atom is 0.310 e. The number of hydrogen-bond acceptors (Lipinski definition) is 3. The molecular weight excluding hydrogens is 226 g/mol. The van der Waals surface area contributed by atoms with Gasteiger partial charge in [0.2, 0.25) is 0 Å². The lowest BCUT2D eigenvalue weighted by Crippen LogP contribution is -2.17. The monoisotopic (exact) mass is 245 g/mol. The second-order valence-corrected chi connectivity index (χ2v) is 4.51. The van der Waals surface area contributed by atoms with Crippen LogP contribution in [0.4, 0.5) is 5.69 Å². The minimum atomic E-state index is -0.205. The average molecular weight is 245 g/mol. The van der Waals surface area contributed by atoms with E-state index in [2.05, 4.69) is 23.6 Å². The molecule has 0 atom stereocenters. The lowest BCUT2D eigenvalue weighted by molar-refractivity contribution is -0.141. The maximum atomic E-state index is 11.4.